The van der Waals surface area contributed by atoms with Crippen molar-refractivity contribution < 1.29 is 24.2 Å². The SMILES string of the molecule is CCOC(=O)C1(C(=O)OCC)C=C2C(CO)=Cc3ccccc3CC2C1. The molecule has 2 aliphatic carbocycles. The van der Waals surface area contributed by atoms with Crippen LogP contribution in [0, 0.1) is 11.3 Å². The summed E-state index contributed by atoms with van der Waals surface area (Å²) in [6.45, 7) is 3.66. The zero-order valence-electron chi connectivity index (χ0n) is 15.2. The van der Waals surface area contributed by atoms with Gasteiger partial charge in [-0.3, -0.25) is 9.59 Å². The number of fused-ring (bicyclic) bond motifs is 2. The molecule has 0 amide bonds. The number of benzene rings is 1. The molecule has 2 aliphatic rings. The third-order valence-electron chi connectivity index (χ3n) is 5.08. The molecule has 1 aromatic rings. The molecule has 26 heavy (non-hydrogen) atoms. The van der Waals surface area contributed by atoms with Crippen molar-refractivity contribution in [1.29, 1.82) is 0 Å². The van der Waals surface area contributed by atoms with Crippen LogP contribution in [-0.4, -0.2) is 36.9 Å². The molecule has 0 saturated carbocycles. The van der Waals surface area contributed by atoms with Crippen LogP contribution in [0.1, 0.15) is 31.4 Å². The molecule has 0 spiro atoms. The van der Waals surface area contributed by atoms with Crippen molar-refractivity contribution in [3.8, 4) is 0 Å². The quantitative estimate of drug-likeness (QED) is 0.649. The summed E-state index contributed by atoms with van der Waals surface area (Å²) in [5.41, 5.74) is 2.33. The van der Waals surface area contributed by atoms with Gasteiger partial charge in [-0.2, -0.15) is 0 Å². The first kappa shape index (κ1) is 18.4. The van der Waals surface area contributed by atoms with Crippen molar-refractivity contribution in [3.63, 3.8) is 0 Å². The summed E-state index contributed by atoms with van der Waals surface area (Å²) in [5.74, 6) is -1.21. The molecule has 1 unspecified atom stereocenters. The Morgan fingerprint density at radius 2 is 1.81 bits per heavy atom. The summed E-state index contributed by atoms with van der Waals surface area (Å²) >= 11 is 0. The van der Waals surface area contributed by atoms with E-state index in [0.717, 1.165) is 22.3 Å². The van der Waals surface area contributed by atoms with Crippen molar-refractivity contribution in [1.82, 2.24) is 0 Å². The summed E-state index contributed by atoms with van der Waals surface area (Å²) in [4.78, 5) is 25.4. The van der Waals surface area contributed by atoms with Gasteiger partial charge in [-0.05, 0) is 61.0 Å². The lowest BCUT2D eigenvalue weighted by Gasteiger charge is -2.24. The van der Waals surface area contributed by atoms with E-state index in [0.29, 0.717) is 12.8 Å². The molecule has 3 rings (SSSR count). The second-order valence-corrected chi connectivity index (χ2v) is 6.64. The zero-order chi connectivity index (χ0) is 18.7. The van der Waals surface area contributed by atoms with E-state index in [-0.39, 0.29) is 25.7 Å². The van der Waals surface area contributed by atoms with Gasteiger partial charge in [0.05, 0.1) is 19.8 Å². The number of hydrogen-bond donors (Lipinski definition) is 1. The molecule has 1 N–H and O–H groups in total. The molecule has 0 radical (unpaired) electrons. The lowest BCUT2D eigenvalue weighted by atomic mass is 9.83. The van der Waals surface area contributed by atoms with Crippen LogP contribution in [0.2, 0.25) is 0 Å². The van der Waals surface area contributed by atoms with E-state index in [4.69, 9.17) is 9.47 Å². The number of hydrogen-bond acceptors (Lipinski definition) is 5. The smallest absolute Gasteiger partial charge is 0.327 e. The number of carbonyl (C=O) groups is 2. The lowest BCUT2D eigenvalue weighted by Crippen LogP contribution is -2.39. The zero-order valence-corrected chi connectivity index (χ0v) is 15.2. The molecule has 0 fully saturated rings. The van der Waals surface area contributed by atoms with E-state index in [2.05, 4.69) is 0 Å². The highest BCUT2D eigenvalue weighted by atomic mass is 16.6. The van der Waals surface area contributed by atoms with Crippen molar-refractivity contribution in [2.45, 2.75) is 26.7 Å². The second kappa shape index (κ2) is 7.46. The Bertz CT molecular complexity index is 756. The van der Waals surface area contributed by atoms with Crippen molar-refractivity contribution in [2.75, 3.05) is 19.8 Å². The molecule has 0 aromatic heterocycles. The molecular weight excluding hydrogens is 332 g/mol. The van der Waals surface area contributed by atoms with Gasteiger partial charge in [-0.1, -0.05) is 30.3 Å². The Hall–Kier alpha value is -2.40. The topological polar surface area (TPSA) is 72.8 Å². The van der Waals surface area contributed by atoms with Gasteiger partial charge in [0.15, 0.2) is 5.41 Å². The van der Waals surface area contributed by atoms with Gasteiger partial charge in [0.25, 0.3) is 0 Å². The van der Waals surface area contributed by atoms with Crippen LogP contribution in [0.15, 0.2) is 41.5 Å². The fraction of sp³-hybridized carbons (Fsp3) is 0.429. The second-order valence-electron chi connectivity index (χ2n) is 6.64. The Morgan fingerprint density at radius 3 is 2.42 bits per heavy atom. The minimum atomic E-state index is -1.44. The summed E-state index contributed by atoms with van der Waals surface area (Å²) in [5, 5.41) is 9.90. The maximum absolute atomic E-state index is 12.7. The first-order valence-electron chi connectivity index (χ1n) is 9.02. The number of carbonyl (C=O) groups excluding carboxylic acids is 2. The molecular formula is C21H24O5. The van der Waals surface area contributed by atoms with Gasteiger partial charge in [0.2, 0.25) is 0 Å². The van der Waals surface area contributed by atoms with Gasteiger partial charge in [0.1, 0.15) is 0 Å². The summed E-state index contributed by atoms with van der Waals surface area (Å²) in [6.07, 6.45) is 4.60. The van der Waals surface area contributed by atoms with Gasteiger partial charge in [-0.15, -0.1) is 0 Å². The summed E-state index contributed by atoms with van der Waals surface area (Å²) in [6, 6.07) is 7.98. The Morgan fingerprint density at radius 1 is 1.15 bits per heavy atom. The van der Waals surface area contributed by atoms with Crippen LogP contribution in [0.3, 0.4) is 0 Å². The lowest BCUT2D eigenvalue weighted by molar-refractivity contribution is -0.168. The first-order valence-corrected chi connectivity index (χ1v) is 9.02. The number of esters is 2. The molecule has 1 atom stereocenters. The molecule has 5 heteroatoms. The van der Waals surface area contributed by atoms with E-state index in [1.54, 1.807) is 19.9 Å². The third-order valence-corrected chi connectivity index (χ3v) is 5.08. The van der Waals surface area contributed by atoms with E-state index in [9.17, 15) is 14.7 Å². The van der Waals surface area contributed by atoms with Gasteiger partial charge in [-0.25, -0.2) is 0 Å². The van der Waals surface area contributed by atoms with Crippen molar-refractivity contribution >= 4 is 18.0 Å². The molecule has 1 aromatic carbocycles. The van der Waals surface area contributed by atoms with Crippen LogP contribution < -0.4 is 0 Å². The number of rotatable bonds is 5. The van der Waals surface area contributed by atoms with Crippen LogP contribution in [0.4, 0.5) is 0 Å². The number of aliphatic hydroxyl groups excluding tert-OH is 1. The van der Waals surface area contributed by atoms with Crippen LogP contribution in [-0.2, 0) is 25.5 Å². The van der Waals surface area contributed by atoms with Gasteiger partial charge >= 0.3 is 11.9 Å². The minimum absolute atomic E-state index is 0.0501. The molecule has 5 nitrogen and oxygen atoms in total. The summed E-state index contributed by atoms with van der Waals surface area (Å²) < 4.78 is 10.4. The van der Waals surface area contributed by atoms with Crippen molar-refractivity contribution in [3.05, 3.63) is 52.6 Å². The molecule has 0 heterocycles. The van der Waals surface area contributed by atoms with E-state index in [1.165, 1.54) is 0 Å². The third kappa shape index (κ3) is 3.07. The Balaban J connectivity index is 2.08. The van der Waals surface area contributed by atoms with Gasteiger partial charge < -0.3 is 14.6 Å². The minimum Gasteiger partial charge on any atom is -0.465 e. The highest BCUT2D eigenvalue weighted by Gasteiger charge is 2.53. The standard InChI is InChI=1S/C21H24O5/c1-3-25-19(23)21(20(24)26-4-2)11-16-9-14-7-5-6-8-15(14)10-17(13-22)18(16)12-21/h5-8,10,12,16,22H,3-4,9,11,13H2,1-2H3. The Kier molecular flexibility index (Phi) is 5.28. The van der Waals surface area contributed by atoms with Gasteiger partial charge in [0, 0.05) is 0 Å². The average Bonchev–Trinajstić information content (AvgIpc) is 2.95. The van der Waals surface area contributed by atoms with Crippen LogP contribution in [0.25, 0.3) is 6.08 Å². The molecule has 0 aliphatic heterocycles. The Labute approximate surface area is 153 Å². The predicted octanol–water partition coefficient (Wildman–Crippen LogP) is 2.68. The van der Waals surface area contributed by atoms with Crippen LogP contribution >= 0.6 is 0 Å². The number of ether oxygens (including phenoxy) is 2. The molecule has 0 bridgehead atoms. The van der Waals surface area contributed by atoms with E-state index < -0.39 is 17.4 Å². The van der Waals surface area contributed by atoms with Crippen LogP contribution in [0.5, 0.6) is 0 Å². The highest BCUT2D eigenvalue weighted by molar-refractivity contribution is 6.03. The van der Waals surface area contributed by atoms with E-state index in [1.807, 2.05) is 30.3 Å². The summed E-state index contributed by atoms with van der Waals surface area (Å²) in [7, 11) is 0. The predicted molar refractivity (Wildman–Crippen MR) is 97.1 cm³/mol. The monoisotopic (exact) mass is 356 g/mol. The fourth-order valence-corrected chi connectivity index (χ4v) is 3.90. The molecule has 138 valence electrons. The highest BCUT2D eigenvalue weighted by Crippen LogP contribution is 2.48. The number of aliphatic hydroxyl groups is 1. The van der Waals surface area contributed by atoms with E-state index >= 15 is 0 Å². The maximum Gasteiger partial charge on any atom is 0.327 e. The normalized spacial score (nSPS) is 20.2. The largest absolute Gasteiger partial charge is 0.465 e. The van der Waals surface area contributed by atoms with Crippen molar-refractivity contribution in [2.24, 2.45) is 11.3 Å². The average molecular weight is 356 g/mol. The molecule has 0 saturated heterocycles. The maximum atomic E-state index is 12.7. The first-order chi connectivity index (χ1) is 12.6. The fourth-order valence-electron chi connectivity index (χ4n) is 3.90.